The van der Waals surface area contributed by atoms with E-state index in [9.17, 15) is 0 Å². The summed E-state index contributed by atoms with van der Waals surface area (Å²) in [5, 5.41) is 0. The van der Waals surface area contributed by atoms with Crippen LogP contribution in [0.2, 0.25) is 0 Å². The Morgan fingerprint density at radius 1 is 0.630 bits per heavy atom. The van der Waals surface area contributed by atoms with E-state index in [0.717, 1.165) is 30.1 Å². The second-order valence-electron chi connectivity index (χ2n) is 15.3. The first-order chi connectivity index (χ1) is 22.6. The van der Waals surface area contributed by atoms with Gasteiger partial charge in [0.1, 0.15) is 0 Å². The highest BCUT2D eigenvalue weighted by atomic mass is 15.2. The Hall–Kier alpha value is -4.24. The van der Waals surface area contributed by atoms with E-state index >= 15 is 0 Å². The van der Waals surface area contributed by atoms with Crippen LogP contribution in [0.1, 0.15) is 61.3 Å². The standard InChI is InChI=1S/C43H39BN2/c1-3-27-17-18-35-40(25-27)45(32-10-6-9-26(2)19-32)38-15-8-16-39-41(38)44(35)36-13-7-12-34-42(36)46(39)37-14-5-4-11-33(37)43(34)30-21-28-20-29(23-30)24-31(43)22-28/h4-19,25,28-31H,3,20-24H2,1-2H3. The average Bonchev–Trinajstić information content (AvgIpc) is 3.08. The van der Waals surface area contributed by atoms with Crippen LogP contribution < -0.4 is 26.2 Å². The Morgan fingerprint density at radius 2 is 1.33 bits per heavy atom. The molecule has 4 aliphatic carbocycles. The predicted molar refractivity (Wildman–Crippen MR) is 192 cm³/mol. The van der Waals surface area contributed by atoms with Crippen LogP contribution in [0.25, 0.3) is 0 Å². The number of anilines is 6. The number of aryl methyl sites for hydroxylation is 2. The van der Waals surface area contributed by atoms with Gasteiger partial charge in [0.15, 0.2) is 0 Å². The summed E-state index contributed by atoms with van der Waals surface area (Å²) in [7, 11) is 0. The number of para-hydroxylation sites is 2. The van der Waals surface area contributed by atoms with Crippen LogP contribution in [0.5, 0.6) is 0 Å². The Labute approximate surface area is 273 Å². The summed E-state index contributed by atoms with van der Waals surface area (Å²) in [6.45, 7) is 4.70. The molecule has 3 heteroatoms. The zero-order valence-electron chi connectivity index (χ0n) is 26.8. The third-order valence-electron chi connectivity index (χ3n) is 13.2. The lowest BCUT2D eigenvalue weighted by Gasteiger charge is -2.64. The van der Waals surface area contributed by atoms with Crippen LogP contribution in [0.3, 0.4) is 0 Å². The molecule has 0 amide bonds. The molecule has 224 valence electrons. The number of fused-ring (bicyclic) bond motifs is 6. The molecule has 4 bridgehead atoms. The van der Waals surface area contributed by atoms with E-state index in [-0.39, 0.29) is 12.1 Å². The van der Waals surface area contributed by atoms with Gasteiger partial charge in [-0.3, -0.25) is 0 Å². The molecule has 12 rings (SSSR count). The lowest BCUT2D eigenvalue weighted by molar-refractivity contribution is -0.0419. The highest BCUT2D eigenvalue weighted by Crippen LogP contribution is 2.69. The molecule has 0 saturated heterocycles. The molecule has 5 aromatic rings. The summed E-state index contributed by atoms with van der Waals surface area (Å²) >= 11 is 0. The van der Waals surface area contributed by atoms with E-state index < -0.39 is 0 Å². The fourth-order valence-electron chi connectivity index (χ4n) is 11.8. The summed E-state index contributed by atoms with van der Waals surface area (Å²) in [5.74, 6) is 3.36. The molecular formula is C43H39BN2. The molecule has 0 N–H and O–H groups in total. The van der Waals surface area contributed by atoms with Gasteiger partial charge in [0.25, 0.3) is 6.71 Å². The third kappa shape index (κ3) is 3.06. The molecule has 0 atom stereocenters. The Kier molecular flexibility index (Phi) is 5.05. The zero-order chi connectivity index (χ0) is 30.3. The fraction of sp³-hybridized carbons (Fsp3) is 0.302. The van der Waals surface area contributed by atoms with Gasteiger partial charge in [0.05, 0.1) is 5.69 Å². The topological polar surface area (TPSA) is 6.48 Å². The minimum absolute atomic E-state index is 0.123. The smallest absolute Gasteiger partial charge is 0.252 e. The maximum absolute atomic E-state index is 2.70. The summed E-state index contributed by atoms with van der Waals surface area (Å²) < 4.78 is 0. The minimum atomic E-state index is 0.123. The Morgan fingerprint density at radius 3 is 2.11 bits per heavy atom. The molecule has 0 unspecified atom stereocenters. The SMILES string of the molecule is CCc1ccc2c(c1)N(c1cccc(C)c1)c1cccc3c1B2c1cccc2c1N3c1ccccc1C21C2CC3CC(C2)CC1C3. The van der Waals surface area contributed by atoms with Gasteiger partial charge in [0, 0.05) is 33.9 Å². The van der Waals surface area contributed by atoms with Crippen molar-refractivity contribution in [3.05, 3.63) is 125 Å². The summed E-state index contributed by atoms with van der Waals surface area (Å²) in [4.78, 5) is 5.26. The van der Waals surface area contributed by atoms with Crippen molar-refractivity contribution in [1.29, 1.82) is 0 Å². The highest BCUT2D eigenvalue weighted by Gasteiger charge is 2.62. The van der Waals surface area contributed by atoms with Gasteiger partial charge in [-0.15, -0.1) is 0 Å². The van der Waals surface area contributed by atoms with Crippen molar-refractivity contribution in [2.75, 3.05) is 9.80 Å². The van der Waals surface area contributed by atoms with Crippen molar-refractivity contribution in [1.82, 2.24) is 0 Å². The lowest BCUT2D eigenvalue weighted by Crippen LogP contribution is -2.64. The molecule has 0 aromatic heterocycles. The molecule has 4 saturated carbocycles. The van der Waals surface area contributed by atoms with Crippen LogP contribution in [0, 0.1) is 30.6 Å². The van der Waals surface area contributed by atoms with E-state index in [1.54, 1.807) is 11.1 Å². The van der Waals surface area contributed by atoms with E-state index in [1.165, 1.54) is 93.7 Å². The first-order valence-electron chi connectivity index (χ1n) is 17.8. The van der Waals surface area contributed by atoms with Crippen molar-refractivity contribution in [2.45, 2.75) is 57.8 Å². The van der Waals surface area contributed by atoms with Crippen LogP contribution in [-0.4, -0.2) is 6.71 Å². The molecule has 7 aliphatic rings. The van der Waals surface area contributed by atoms with Crippen molar-refractivity contribution in [3.63, 3.8) is 0 Å². The maximum Gasteiger partial charge on any atom is 0.252 e. The summed E-state index contributed by atoms with van der Waals surface area (Å²) in [6.07, 6.45) is 8.14. The normalized spacial score (nSPS) is 27.0. The quantitative estimate of drug-likeness (QED) is 0.185. The van der Waals surface area contributed by atoms with Crippen LogP contribution >= 0.6 is 0 Å². The molecule has 4 fully saturated rings. The van der Waals surface area contributed by atoms with Gasteiger partial charge < -0.3 is 9.80 Å². The van der Waals surface area contributed by atoms with Gasteiger partial charge in [-0.2, -0.15) is 0 Å². The minimum Gasteiger partial charge on any atom is -0.311 e. The van der Waals surface area contributed by atoms with E-state index in [1.807, 2.05) is 0 Å². The van der Waals surface area contributed by atoms with Gasteiger partial charge >= 0.3 is 0 Å². The first kappa shape index (κ1) is 25.9. The number of benzene rings is 5. The predicted octanol–water partition coefficient (Wildman–Crippen LogP) is 8.70. The number of hydrogen-bond acceptors (Lipinski definition) is 2. The van der Waals surface area contributed by atoms with Crippen molar-refractivity contribution < 1.29 is 0 Å². The van der Waals surface area contributed by atoms with Crippen molar-refractivity contribution >= 4 is 57.2 Å². The van der Waals surface area contributed by atoms with E-state index in [0.29, 0.717) is 0 Å². The number of hydrogen-bond donors (Lipinski definition) is 0. The molecule has 0 radical (unpaired) electrons. The molecule has 3 heterocycles. The number of nitrogens with zero attached hydrogens (tertiary/aromatic N) is 2. The molecule has 5 aromatic carbocycles. The Bertz CT molecular complexity index is 2080. The second kappa shape index (κ2) is 8.97. The van der Waals surface area contributed by atoms with Crippen molar-refractivity contribution in [2.24, 2.45) is 23.7 Å². The van der Waals surface area contributed by atoms with E-state index in [2.05, 4.69) is 127 Å². The van der Waals surface area contributed by atoms with Gasteiger partial charge in [-0.25, -0.2) is 0 Å². The first-order valence-corrected chi connectivity index (χ1v) is 17.8. The molecule has 3 aliphatic heterocycles. The average molecular weight is 595 g/mol. The van der Waals surface area contributed by atoms with Crippen LogP contribution in [0.15, 0.2) is 103 Å². The van der Waals surface area contributed by atoms with Gasteiger partial charge in [0.2, 0.25) is 0 Å². The summed E-state index contributed by atoms with van der Waals surface area (Å²) in [5.41, 5.74) is 18.6. The van der Waals surface area contributed by atoms with Gasteiger partial charge in [-0.1, -0.05) is 73.7 Å². The van der Waals surface area contributed by atoms with Crippen LogP contribution in [0.4, 0.5) is 34.1 Å². The third-order valence-corrected chi connectivity index (χ3v) is 13.2. The lowest BCUT2D eigenvalue weighted by atomic mass is 9.32. The van der Waals surface area contributed by atoms with E-state index in [4.69, 9.17) is 0 Å². The molecule has 46 heavy (non-hydrogen) atoms. The monoisotopic (exact) mass is 594 g/mol. The van der Waals surface area contributed by atoms with Crippen LogP contribution in [-0.2, 0) is 11.8 Å². The Balaban J connectivity index is 1.23. The largest absolute Gasteiger partial charge is 0.311 e. The molecule has 2 nitrogen and oxygen atoms in total. The number of rotatable bonds is 2. The maximum atomic E-state index is 2.70. The zero-order valence-corrected chi connectivity index (χ0v) is 26.8. The second-order valence-corrected chi connectivity index (χ2v) is 15.3. The molecule has 1 spiro atoms. The molecular weight excluding hydrogens is 555 g/mol. The fourth-order valence-corrected chi connectivity index (χ4v) is 11.8. The van der Waals surface area contributed by atoms with Crippen molar-refractivity contribution in [3.8, 4) is 0 Å². The highest BCUT2D eigenvalue weighted by molar-refractivity contribution is 7.00. The summed E-state index contributed by atoms with van der Waals surface area (Å²) in [6, 6.07) is 40.5. The van der Waals surface area contributed by atoms with Gasteiger partial charge in [-0.05, 0) is 144 Å².